The first-order chi connectivity index (χ1) is 7.06. The Labute approximate surface area is 93.0 Å². The lowest BCUT2D eigenvalue weighted by Crippen LogP contribution is -2.53. The van der Waals surface area contributed by atoms with E-state index in [1.807, 2.05) is 0 Å². The molecule has 0 atom stereocenters. The third kappa shape index (κ3) is 1.73. The van der Waals surface area contributed by atoms with Gasteiger partial charge in [0.1, 0.15) is 0 Å². The van der Waals surface area contributed by atoms with Gasteiger partial charge < -0.3 is 0 Å². The molecule has 0 amide bonds. The van der Waals surface area contributed by atoms with Crippen LogP contribution < -0.4 is 0 Å². The Hall–Kier alpha value is -0.370. The number of Topliss-reactive ketones (excluding diaryl/α,β-unsaturated/α-hetero) is 1. The lowest BCUT2D eigenvalue weighted by Gasteiger charge is -2.43. The van der Waals surface area contributed by atoms with Gasteiger partial charge in [0, 0.05) is 19.0 Å². The molecule has 2 nitrogen and oxygen atoms in total. The molecule has 1 aliphatic heterocycles. The van der Waals surface area contributed by atoms with Crippen molar-refractivity contribution in [2.45, 2.75) is 64.5 Å². The zero-order chi connectivity index (χ0) is 11.1. The minimum Gasteiger partial charge on any atom is -0.298 e. The molecule has 0 radical (unpaired) electrons. The van der Waals surface area contributed by atoms with Crippen molar-refractivity contribution in [1.29, 1.82) is 0 Å². The minimum atomic E-state index is -0.0549. The van der Waals surface area contributed by atoms with Crippen molar-refractivity contribution in [3.8, 4) is 0 Å². The van der Waals surface area contributed by atoms with Crippen LogP contribution in [0.2, 0.25) is 0 Å². The number of hydrogen-bond acceptors (Lipinski definition) is 2. The molecule has 0 aromatic carbocycles. The third-order valence-corrected chi connectivity index (χ3v) is 4.37. The van der Waals surface area contributed by atoms with Crippen molar-refractivity contribution >= 4 is 5.78 Å². The summed E-state index contributed by atoms with van der Waals surface area (Å²) in [5, 5.41) is 0. The topological polar surface area (TPSA) is 20.3 Å². The lowest BCUT2D eigenvalue weighted by molar-refractivity contribution is -0.128. The monoisotopic (exact) mass is 209 g/mol. The van der Waals surface area contributed by atoms with Crippen molar-refractivity contribution in [2.75, 3.05) is 6.54 Å². The van der Waals surface area contributed by atoms with Crippen LogP contribution in [0.15, 0.2) is 0 Å². The van der Waals surface area contributed by atoms with Crippen molar-refractivity contribution in [1.82, 2.24) is 4.90 Å². The first-order valence-electron chi connectivity index (χ1n) is 6.36. The van der Waals surface area contributed by atoms with E-state index in [1.54, 1.807) is 0 Å². The molecule has 0 bridgehead atoms. The summed E-state index contributed by atoms with van der Waals surface area (Å²) in [5.74, 6) is 1.33. The van der Waals surface area contributed by atoms with E-state index >= 15 is 0 Å². The molecule has 0 aromatic heterocycles. The second-order valence-electron chi connectivity index (χ2n) is 5.67. The highest BCUT2D eigenvalue weighted by Gasteiger charge is 2.49. The maximum Gasteiger partial charge on any atom is 0.154 e. The van der Waals surface area contributed by atoms with Crippen molar-refractivity contribution in [3.05, 3.63) is 0 Å². The Kier molecular flexibility index (Phi) is 2.89. The number of ketones is 1. The molecule has 1 saturated carbocycles. The van der Waals surface area contributed by atoms with Crippen LogP contribution in [0.4, 0.5) is 0 Å². The normalized spacial score (nSPS) is 38.1. The van der Waals surface area contributed by atoms with Gasteiger partial charge in [0.15, 0.2) is 5.78 Å². The molecule has 0 unspecified atom stereocenters. The molecule has 1 aliphatic carbocycles. The Morgan fingerprint density at radius 1 is 1.33 bits per heavy atom. The molecule has 1 saturated heterocycles. The van der Waals surface area contributed by atoms with E-state index in [2.05, 4.69) is 25.7 Å². The van der Waals surface area contributed by atoms with Crippen molar-refractivity contribution in [2.24, 2.45) is 5.92 Å². The van der Waals surface area contributed by atoms with Gasteiger partial charge in [-0.3, -0.25) is 9.69 Å². The molecule has 2 heteroatoms. The maximum absolute atomic E-state index is 12.1. The van der Waals surface area contributed by atoms with E-state index < -0.39 is 0 Å². The summed E-state index contributed by atoms with van der Waals surface area (Å²) in [7, 11) is 0. The van der Waals surface area contributed by atoms with Crippen LogP contribution in [0.5, 0.6) is 0 Å². The summed E-state index contributed by atoms with van der Waals surface area (Å²) in [6.07, 6.45) is 5.45. The summed E-state index contributed by atoms with van der Waals surface area (Å²) < 4.78 is 0. The molecule has 2 aliphatic rings. The van der Waals surface area contributed by atoms with E-state index in [-0.39, 0.29) is 5.54 Å². The number of rotatable bonds is 1. The Balaban J connectivity index is 2.19. The van der Waals surface area contributed by atoms with Crippen LogP contribution in [0.3, 0.4) is 0 Å². The van der Waals surface area contributed by atoms with Crippen LogP contribution >= 0.6 is 0 Å². The van der Waals surface area contributed by atoms with E-state index in [1.165, 1.54) is 12.8 Å². The fraction of sp³-hybridized carbons (Fsp3) is 0.923. The third-order valence-electron chi connectivity index (χ3n) is 4.37. The quantitative estimate of drug-likeness (QED) is 0.661. The Morgan fingerprint density at radius 3 is 2.47 bits per heavy atom. The highest BCUT2D eigenvalue weighted by Crippen LogP contribution is 2.42. The summed E-state index contributed by atoms with van der Waals surface area (Å²) >= 11 is 0. The number of nitrogens with zero attached hydrogens (tertiary/aromatic N) is 1. The zero-order valence-corrected chi connectivity index (χ0v) is 10.3. The van der Waals surface area contributed by atoms with E-state index in [9.17, 15) is 4.79 Å². The summed E-state index contributed by atoms with van der Waals surface area (Å²) in [5.41, 5.74) is -0.0549. The largest absolute Gasteiger partial charge is 0.298 e. The number of likely N-dealkylation sites (tertiary alicyclic amines) is 1. The minimum absolute atomic E-state index is 0.0549. The van der Waals surface area contributed by atoms with E-state index in [4.69, 9.17) is 0 Å². The van der Waals surface area contributed by atoms with E-state index in [0.717, 1.165) is 31.7 Å². The Morgan fingerprint density at radius 2 is 1.93 bits per heavy atom. The fourth-order valence-corrected chi connectivity index (χ4v) is 3.39. The molecule has 1 spiro atoms. The summed E-state index contributed by atoms with van der Waals surface area (Å²) in [6.45, 7) is 7.74. The predicted molar refractivity (Wildman–Crippen MR) is 61.8 cm³/mol. The van der Waals surface area contributed by atoms with Gasteiger partial charge in [-0.1, -0.05) is 6.92 Å². The second kappa shape index (κ2) is 3.89. The highest BCUT2D eigenvalue weighted by atomic mass is 16.1. The SMILES string of the molecule is CC1CCC2(CC1)C(=O)CCN2C(C)C. The van der Waals surface area contributed by atoms with Gasteiger partial charge in [0.2, 0.25) is 0 Å². The summed E-state index contributed by atoms with van der Waals surface area (Å²) in [6, 6.07) is 0.518. The Bertz CT molecular complexity index is 251. The zero-order valence-electron chi connectivity index (χ0n) is 10.3. The lowest BCUT2D eigenvalue weighted by atomic mass is 9.74. The predicted octanol–water partition coefficient (Wildman–Crippen LogP) is 2.62. The molecular weight excluding hydrogens is 186 g/mol. The van der Waals surface area contributed by atoms with Crippen LogP contribution in [0.25, 0.3) is 0 Å². The first kappa shape index (κ1) is 11.1. The van der Waals surface area contributed by atoms with Crippen molar-refractivity contribution < 1.29 is 4.79 Å². The van der Waals surface area contributed by atoms with Gasteiger partial charge in [-0.05, 0) is 45.4 Å². The second-order valence-corrected chi connectivity index (χ2v) is 5.67. The maximum atomic E-state index is 12.1. The van der Waals surface area contributed by atoms with Crippen LogP contribution in [-0.4, -0.2) is 28.8 Å². The molecule has 1 heterocycles. The molecule has 2 rings (SSSR count). The van der Waals surface area contributed by atoms with Gasteiger partial charge in [-0.2, -0.15) is 0 Å². The van der Waals surface area contributed by atoms with Crippen LogP contribution in [0.1, 0.15) is 52.9 Å². The highest BCUT2D eigenvalue weighted by molar-refractivity contribution is 5.90. The molecule has 15 heavy (non-hydrogen) atoms. The molecule has 0 aromatic rings. The summed E-state index contributed by atoms with van der Waals surface area (Å²) in [4.78, 5) is 14.6. The molecular formula is C13H23NO. The standard InChI is InChI=1S/C13H23NO/c1-10(2)14-9-6-12(15)13(14)7-4-11(3)5-8-13/h10-11H,4-9H2,1-3H3. The van der Waals surface area contributed by atoms with Gasteiger partial charge in [-0.15, -0.1) is 0 Å². The average molecular weight is 209 g/mol. The number of hydrogen-bond donors (Lipinski definition) is 0. The smallest absolute Gasteiger partial charge is 0.154 e. The van der Waals surface area contributed by atoms with Crippen molar-refractivity contribution in [3.63, 3.8) is 0 Å². The van der Waals surface area contributed by atoms with Crippen LogP contribution in [0, 0.1) is 5.92 Å². The van der Waals surface area contributed by atoms with Gasteiger partial charge in [-0.25, -0.2) is 0 Å². The molecule has 2 fully saturated rings. The molecule has 0 N–H and O–H groups in total. The van der Waals surface area contributed by atoms with Gasteiger partial charge >= 0.3 is 0 Å². The van der Waals surface area contributed by atoms with Gasteiger partial charge in [0.25, 0.3) is 0 Å². The first-order valence-corrected chi connectivity index (χ1v) is 6.36. The number of carbonyl (C=O) groups is 1. The molecule has 86 valence electrons. The number of carbonyl (C=O) groups excluding carboxylic acids is 1. The van der Waals surface area contributed by atoms with E-state index in [0.29, 0.717) is 11.8 Å². The fourth-order valence-electron chi connectivity index (χ4n) is 3.39. The van der Waals surface area contributed by atoms with Crippen LogP contribution in [-0.2, 0) is 4.79 Å². The van der Waals surface area contributed by atoms with Gasteiger partial charge in [0.05, 0.1) is 5.54 Å². The average Bonchev–Trinajstić information content (AvgIpc) is 2.50.